The fourth-order valence-corrected chi connectivity index (χ4v) is 2.29. The van der Waals surface area contributed by atoms with E-state index in [9.17, 15) is 9.90 Å². The van der Waals surface area contributed by atoms with E-state index < -0.39 is 5.60 Å². The predicted molar refractivity (Wildman–Crippen MR) is 47.9 cm³/mol. The fraction of sp³-hybridized carbons (Fsp3) is 0.900. The molecule has 0 saturated heterocycles. The first-order valence-corrected chi connectivity index (χ1v) is 4.64. The van der Waals surface area contributed by atoms with E-state index in [0.717, 1.165) is 32.0 Å². The summed E-state index contributed by atoms with van der Waals surface area (Å²) in [4.78, 5) is 10.3. The Bertz CT molecular complexity index is 175. The molecule has 0 aliphatic heterocycles. The average Bonchev–Trinajstić information content (AvgIpc) is 1.83. The predicted octanol–water partition coefficient (Wildman–Crippen LogP) is 1.91. The van der Waals surface area contributed by atoms with E-state index >= 15 is 0 Å². The van der Waals surface area contributed by atoms with Gasteiger partial charge in [0.05, 0.1) is 5.60 Å². The molecule has 1 aliphatic carbocycles. The lowest BCUT2D eigenvalue weighted by Gasteiger charge is -2.40. The Morgan fingerprint density at radius 2 is 2.08 bits per heavy atom. The summed E-state index contributed by atoms with van der Waals surface area (Å²) < 4.78 is 0. The average molecular weight is 170 g/mol. The number of carbonyl (C=O) groups is 1. The van der Waals surface area contributed by atoms with Crippen LogP contribution in [0.4, 0.5) is 0 Å². The molecule has 0 radical (unpaired) electrons. The molecule has 1 N–H and O–H groups in total. The molecule has 0 aromatic rings. The van der Waals surface area contributed by atoms with E-state index in [1.54, 1.807) is 0 Å². The monoisotopic (exact) mass is 170 g/mol. The van der Waals surface area contributed by atoms with Crippen LogP contribution in [-0.2, 0) is 4.79 Å². The van der Waals surface area contributed by atoms with Gasteiger partial charge in [-0.15, -0.1) is 0 Å². The zero-order chi connectivity index (χ0) is 9.24. The second-order valence-corrected chi connectivity index (χ2v) is 4.79. The van der Waals surface area contributed by atoms with Crippen molar-refractivity contribution in [3.63, 3.8) is 0 Å². The Balaban J connectivity index is 2.60. The van der Waals surface area contributed by atoms with Crippen LogP contribution in [0.2, 0.25) is 0 Å². The zero-order valence-electron chi connectivity index (χ0n) is 7.97. The Labute approximate surface area is 74.0 Å². The molecule has 0 heterocycles. The molecule has 1 rings (SSSR count). The summed E-state index contributed by atoms with van der Waals surface area (Å²) in [6, 6.07) is 0. The number of aldehydes is 1. The third-order valence-corrected chi connectivity index (χ3v) is 2.77. The molecule has 2 nitrogen and oxygen atoms in total. The first kappa shape index (κ1) is 9.72. The molecule has 0 aromatic carbocycles. The van der Waals surface area contributed by atoms with Crippen molar-refractivity contribution in [3.8, 4) is 0 Å². The van der Waals surface area contributed by atoms with Gasteiger partial charge in [0.2, 0.25) is 0 Å². The van der Waals surface area contributed by atoms with E-state index in [2.05, 4.69) is 13.8 Å². The number of hydrogen-bond acceptors (Lipinski definition) is 2. The maximum absolute atomic E-state index is 10.3. The number of hydrogen-bond donors (Lipinski definition) is 1. The van der Waals surface area contributed by atoms with Crippen LogP contribution in [0.1, 0.15) is 46.0 Å². The molecular weight excluding hydrogens is 152 g/mol. The first-order valence-electron chi connectivity index (χ1n) is 4.64. The van der Waals surface area contributed by atoms with E-state index in [0.29, 0.717) is 6.42 Å². The highest BCUT2D eigenvalue weighted by molar-refractivity contribution is 5.51. The fourth-order valence-electron chi connectivity index (χ4n) is 2.29. The van der Waals surface area contributed by atoms with Crippen LogP contribution in [-0.4, -0.2) is 17.0 Å². The Hall–Kier alpha value is -0.370. The smallest absolute Gasteiger partial charge is 0.122 e. The van der Waals surface area contributed by atoms with Crippen LogP contribution in [0.3, 0.4) is 0 Å². The Morgan fingerprint density at radius 1 is 1.42 bits per heavy atom. The third kappa shape index (κ3) is 2.31. The molecular formula is C10H18O2. The summed E-state index contributed by atoms with van der Waals surface area (Å²) >= 11 is 0. The highest BCUT2D eigenvalue weighted by Gasteiger charge is 2.37. The number of aliphatic hydroxyl groups is 1. The molecule has 1 atom stereocenters. The number of carbonyl (C=O) groups excluding carboxylic acids is 1. The van der Waals surface area contributed by atoms with Gasteiger partial charge in [0.25, 0.3) is 0 Å². The summed E-state index contributed by atoms with van der Waals surface area (Å²) in [5.74, 6) is 0. The molecule has 1 fully saturated rings. The van der Waals surface area contributed by atoms with Crippen molar-refractivity contribution in [3.05, 3.63) is 0 Å². The van der Waals surface area contributed by atoms with Crippen LogP contribution < -0.4 is 0 Å². The van der Waals surface area contributed by atoms with Crippen LogP contribution >= 0.6 is 0 Å². The van der Waals surface area contributed by atoms with E-state index in [1.807, 2.05) is 0 Å². The lowest BCUT2D eigenvalue weighted by atomic mass is 9.69. The van der Waals surface area contributed by atoms with Gasteiger partial charge in [-0.25, -0.2) is 0 Å². The molecule has 1 saturated carbocycles. The van der Waals surface area contributed by atoms with Gasteiger partial charge in [-0.2, -0.15) is 0 Å². The van der Waals surface area contributed by atoms with Crippen LogP contribution in [0.15, 0.2) is 0 Å². The molecule has 0 bridgehead atoms. The Morgan fingerprint density at radius 3 is 2.58 bits per heavy atom. The van der Waals surface area contributed by atoms with Crippen molar-refractivity contribution >= 4 is 6.29 Å². The van der Waals surface area contributed by atoms with Crippen molar-refractivity contribution < 1.29 is 9.90 Å². The van der Waals surface area contributed by atoms with Crippen LogP contribution in [0.5, 0.6) is 0 Å². The van der Waals surface area contributed by atoms with Gasteiger partial charge in [-0.3, -0.25) is 0 Å². The first-order chi connectivity index (χ1) is 5.47. The standard InChI is InChI=1S/C10H18O2/c1-9(2)4-3-5-10(12,8-9)6-7-11/h7,12H,3-6,8H2,1-2H3. The molecule has 0 spiro atoms. The van der Waals surface area contributed by atoms with Gasteiger partial charge in [-0.1, -0.05) is 20.3 Å². The topological polar surface area (TPSA) is 37.3 Å². The minimum absolute atomic E-state index is 0.204. The van der Waals surface area contributed by atoms with Crippen LogP contribution in [0, 0.1) is 5.41 Å². The van der Waals surface area contributed by atoms with Gasteiger partial charge >= 0.3 is 0 Å². The molecule has 12 heavy (non-hydrogen) atoms. The summed E-state index contributed by atoms with van der Waals surface area (Å²) in [5.41, 5.74) is -0.500. The SMILES string of the molecule is CC1(C)CCCC(O)(CC=O)C1. The lowest BCUT2D eigenvalue weighted by molar-refractivity contribution is -0.115. The van der Waals surface area contributed by atoms with Crippen molar-refractivity contribution in [2.45, 2.75) is 51.6 Å². The van der Waals surface area contributed by atoms with Crippen molar-refractivity contribution in [2.24, 2.45) is 5.41 Å². The summed E-state index contributed by atoms with van der Waals surface area (Å²) in [7, 11) is 0. The van der Waals surface area contributed by atoms with E-state index in [4.69, 9.17) is 0 Å². The lowest BCUT2D eigenvalue weighted by Crippen LogP contribution is -2.39. The highest BCUT2D eigenvalue weighted by atomic mass is 16.3. The highest BCUT2D eigenvalue weighted by Crippen LogP contribution is 2.41. The largest absolute Gasteiger partial charge is 0.389 e. The maximum Gasteiger partial charge on any atom is 0.122 e. The molecule has 0 aromatic heterocycles. The summed E-state index contributed by atoms with van der Waals surface area (Å²) in [6.45, 7) is 4.31. The van der Waals surface area contributed by atoms with Gasteiger partial charge in [0.15, 0.2) is 0 Å². The molecule has 70 valence electrons. The normalized spacial score (nSPS) is 34.6. The second kappa shape index (κ2) is 3.17. The minimum atomic E-state index is -0.705. The van der Waals surface area contributed by atoms with Crippen molar-refractivity contribution in [2.75, 3.05) is 0 Å². The second-order valence-electron chi connectivity index (χ2n) is 4.79. The number of rotatable bonds is 2. The van der Waals surface area contributed by atoms with Gasteiger partial charge in [0, 0.05) is 6.42 Å². The molecule has 1 aliphatic rings. The van der Waals surface area contributed by atoms with E-state index in [-0.39, 0.29) is 5.41 Å². The van der Waals surface area contributed by atoms with Crippen LogP contribution in [0.25, 0.3) is 0 Å². The quantitative estimate of drug-likeness (QED) is 0.643. The summed E-state index contributed by atoms with van der Waals surface area (Å²) in [5, 5.41) is 9.98. The summed E-state index contributed by atoms with van der Waals surface area (Å²) in [6.07, 6.45) is 4.89. The van der Waals surface area contributed by atoms with Gasteiger partial charge < -0.3 is 9.90 Å². The van der Waals surface area contributed by atoms with E-state index in [1.165, 1.54) is 0 Å². The maximum atomic E-state index is 10.3. The van der Waals surface area contributed by atoms with Crippen molar-refractivity contribution in [1.29, 1.82) is 0 Å². The molecule has 1 unspecified atom stereocenters. The Kier molecular flexibility index (Phi) is 2.57. The molecule has 0 amide bonds. The van der Waals surface area contributed by atoms with Gasteiger partial charge in [-0.05, 0) is 24.7 Å². The molecule has 2 heteroatoms. The zero-order valence-corrected chi connectivity index (χ0v) is 7.97. The third-order valence-electron chi connectivity index (χ3n) is 2.77. The van der Waals surface area contributed by atoms with Gasteiger partial charge in [0.1, 0.15) is 6.29 Å². The van der Waals surface area contributed by atoms with Crippen molar-refractivity contribution in [1.82, 2.24) is 0 Å². The minimum Gasteiger partial charge on any atom is -0.389 e.